The van der Waals surface area contributed by atoms with Gasteiger partial charge in [0.15, 0.2) is 18.5 Å². The van der Waals surface area contributed by atoms with Crippen molar-refractivity contribution in [3.63, 3.8) is 0 Å². The number of nitrogens with zero attached hydrogens (tertiary/aromatic N) is 3. The first-order valence-electron chi connectivity index (χ1n) is 38.1. The first-order chi connectivity index (χ1) is 53.5. The molecule has 14 amide bonds. The lowest BCUT2D eigenvalue weighted by molar-refractivity contribution is -0.158. The van der Waals surface area contributed by atoms with Gasteiger partial charge in [0.1, 0.15) is 72.6 Å². The summed E-state index contributed by atoms with van der Waals surface area (Å²) in [4.78, 5) is 225. The second-order valence-electron chi connectivity index (χ2n) is 29.2. The number of methoxy groups -OCH3 is 1. The SMILES string of the molecule is C=C1NC(=O)C([C@@H](C)CC)NC(=O)[C@@H]2CSSC[C@H](NC(=O)CCC(O)O)C(=O)N[C@H](Cc3ccccc3)C(=O)N[C@H](C)C(=O)NC(C[C@@H](C)CC)C(=O)N[C@@H](C(=O)N[C@H](Cc3ccccc3)C(=O)N3CCC[C@H]3C(=O)N2)[C@@H](C)OC(=O)[C@H](CO)NC(=O)[C@H]([C@@H](C)OC)N(C)C(=O)C(N(C)C)NC(=O)[C@H](C[C@H](C)CC)NC1=O. The van der Waals surface area contributed by atoms with Crippen molar-refractivity contribution in [2.75, 3.05) is 52.9 Å². The highest BCUT2D eigenvalue weighted by molar-refractivity contribution is 8.76. The molecule has 3 aliphatic rings. The minimum Gasteiger partial charge on any atom is -0.458 e. The van der Waals surface area contributed by atoms with Gasteiger partial charge in [-0.15, -0.1) is 0 Å². The third-order valence-corrected chi connectivity index (χ3v) is 22.6. The van der Waals surface area contributed by atoms with E-state index in [0.29, 0.717) is 24.0 Å². The lowest BCUT2D eigenvalue weighted by Gasteiger charge is -2.36. The van der Waals surface area contributed by atoms with Gasteiger partial charge in [-0.05, 0) is 89.4 Å². The van der Waals surface area contributed by atoms with Crippen molar-refractivity contribution in [1.29, 1.82) is 0 Å². The summed E-state index contributed by atoms with van der Waals surface area (Å²) in [7, 11) is 7.10. The Balaban J connectivity index is 1.80. The molecule has 626 valence electrons. The van der Waals surface area contributed by atoms with Crippen molar-refractivity contribution in [3.05, 3.63) is 84.1 Å². The van der Waals surface area contributed by atoms with Gasteiger partial charge in [0, 0.05) is 57.9 Å². The van der Waals surface area contributed by atoms with E-state index in [4.69, 9.17) is 9.47 Å². The molecule has 3 heterocycles. The number of fused-ring (bicyclic) bond motifs is 6. The number of amides is 14. The van der Waals surface area contributed by atoms with Crippen LogP contribution in [0.15, 0.2) is 72.9 Å². The number of rotatable bonds is 20. The number of esters is 1. The number of carbonyl (C=O) groups excluding carboxylic acids is 15. The van der Waals surface area contributed by atoms with Crippen LogP contribution in [-0.4, -0.2) is 269 Å². The molecule has 15 N–H and O–H groups in total. The van der Waals surface area contributed by atoms with Gasteiger partial charge in [-0.3, -0.25) is 72.0 Å². The normalized spacial score (nSPS) is 27.5. The molecule has 2 bridgehead atoms. The van der Waals surface area contributed by atoms with Crippen molar-refractivity contribution >= 4 is 110 Å². The van der Waals surface area contributed by atoms with Gasteiger partial charge >= 0.3 is 5.97 Å². The summed E-state index contributed by atoms with van der Waals surface area (Å²) in [6.07, 6.45) is -6.78. The monoisotopic (exact) mass is 1620 g/mol. The molecule has 3 unspecified atom stereocenters. The molecular formula is C76H115N15O20S2. The van der Waals surface area contributed by atoms with Crippen LogP contribution < -0.4 is 63.8 Å². The Morgan fingerprint density at radius 2 is 1.18 bits per heavy atom. The first-order valence-corrected chi connectivity index (χ1v) is 40.6. The number of hydrogen-bond donors (Lipinski definition) is 15. The van der Waals surface area contributed by atoms with Crippen LogP contribution in [0.2, 0.25) is 0 Å². The van der Waals surface area contributed by atoms with Crippen molar-refractivity contribution in [2.45, 2.75) is 230 Å². The molecule has 0 spiro atoms. The zero-order valence-corrected chi connectivity index (χ0v) is 68.1. The molecule has 0 radical (unpaired) electrons. The maximum atomic E-state index is 15.6. The molecule has 0 aromatic heterocycles. The highest BCUT2D eigenvalue weighted by Gasteiger charge is 2.45. The van der Waals surface area contributed by atoms with Gasteiger partial charge in [0.25, 0.3) is 11.8 Å². The van der Waals surface area contributed by atoms with Gasteiger partial charge in [-0.1, -0.05) is 150 Å². The number of benzene rings is 2. The average Bonchev–Trinajstić information content (AvgIpc) is 1.75. The van der Waals surface area contributed by atoms with Gasteiger partial charge in [0.2, 0.25) is 70.9 Å². The van der Waals surface area contributed by atoms with Gasteiger partial charge < -0.3 is 98.4 Å². The molecule has 2 aromatic rings. The fourth-order valence-corrected chi connectivity index (χ4v) is 14.9. The summed E-state index contributed by atoms with van der Waals surface area (Å²) < 4.78 is 11.5. The Morgan fingerprint density at radius 1 is 0.628 bits per heavy atom. The zero-order valence-electron chi connectivity index (χ0n) is 66.5. The second kappa shape index (κ2) is 46.2. The van der Waals surface area contributed by atoms with E-state index >= 15 is 24.0 Å². The standard InChI is InChI=1S/C76H115N15O20S2/c1-15-40(4)33-49-66(99)87-60-45(9)111-76(109)53(37-92)84-73(106)61(46(10)110-14)90(13)75(108)62(89(11)12)88-67(100)50(34-41(5)16-2)81-64(97)44(8)78-71(104)59(42(6)17-3)86-69(102)55(85-70(103)56-29-24-32-91(56)74(107)52(83-72(60)105)36-48-27-22-19-23-28-48)39-113-112-38-54(79-57(93)30-31-58(94)95)68(101)82-51(35-47-25-20-18-21-26-47)65(98)77-43(7)63(96)80-49/h18-23,25-28,40-43,45-46,49-56,58-62,92,94-95H,8,15-17,24,29-39H2,1-7,9-14H3,(H,77,98)(H,78,104)(H,79,93)(H,80,96)(H,81,97)(H,82,101)(H,83,105)(H,84,106)(H,85,103)(H,86,102)(H,87,99)(H,88,100)/t40-,41+,42-,43+,45+,46+,49?,50-,51+,52+,53-,54-,55-,56-,59?,60+,61-,62?/m0/s1. The Kier molecular flexibility index (Phi) is 38.5. The topological polar surface area (TPSA) is 489 Å². The molecule has 3 fully saturated rings. The maximum Gasteiger partial charge on any atom is 0.331 e. The van der Waals surface area contributed by atoms with Crippen LogP contribution >= 0.6 is 21.6 Å². The number of likely N-dealkylation sites (N-methyl/N-ethyl adjacent to an activating group) is 2. The fraction of sp³-hybridized carbons (Fsp3) is 0.618. The predicted octanol–water partition coefficient (Wildman–Crippen LogP) is -1.83. The number of aliphatic hydroxyl groups excluding tert-OH is 2. The maximum absolute atomic E-state index is 15.6. The summed E-state index contributed by atoms with van der Waals surface area (Å²) in [5.74, 6) is -17.1. The van der Waals surface area contributed by atoms with Crippen LogP contribution in [0.1, 0.15) is 131 Å². The molecule has 113 heavy (non-hydrogen) atoms. The molecule has 5 rings (SSSR count). The van der Waals surface area contributed by atoms with E-state index in [1.807, 2.05) is 6.92 Å². The highest BCUT2D eigenvalue weighted by atomic mass is 33.1. The predicted molar refractivity (Wildman–Crippen MR) is 419 cm³/mol. The minimum absolute atomic E-state index is 0.0149. The van der Waals surface area contributed by atoms with Crippen LogP contribution in [0.25, 0.3) is 0 Å². The van der Waals surface area contributed by atoms with Crippen LogP contribution in [0.4, 0.5) is 0 Å². The quantitative estimate of drug-likeness (QED) is 0.0300. The molecule has 3 saturated heterocycles. The van der Waals surface area contributed by atoms with Gasteiger partial charge in [-0.25, -0.2) is 4.79 Å². The summed E-state index contributed by atoms with van der Waals surface area (Å²) in [6.45, 7) is 16.9. The molecule has 3 aliphatic heterocycles. The lowest BCUT2D eigenvalue weighted by Crippen LogP contribution is -2.64. The summed E-state index contributed by atoms with van der Waals surface area (Å²) in [6, 6.07) is -2.69. The van der Waals surface area contributed by atoms with E-state index in [2.05, 4.69) is 70.4 Å². The highest BCUT2D eigenvalue weighted by Crippen LogP contribution is 2.27. The van der Waals surface area contributed by atoms with Crippen LogP contribution in [0, 0.1) is 17.8 Å². The number of carbonyl (C=O) groups is 15. The molecule has 18 atom stereocenters. The number of aliphatic hydroxyl groups is 3. The van der Waals surface area contributed by atoms with Crippen molar-refractivity contribution < 1.29 is 96.7 Å². The van der Waals surface area contributed by atoms with E-state index in [9.17, 15) is 63.3 Å². The molecule has 35 nitrogen and oxygen atoms in total. The summed E-state index contributed by atoms with van der Waals surface area (Å²) >= 11 is 0. The number of nitrogens with one attached hydrogen (secondary N) is 12. The Bertz CT molecular complexity index is 3640. The van der Waals surface area contributed by atoms with E-state index in [1.54, 1.807) is 95.3 Å². The number of cyclic esters (lactones) is 1. The number of hydrogen-bond acceptors (Lipinski definition) is 23. The molecule has 2 aromatic carbocycles. The summed E-state index contributed by atoms with van der Waals surface area (Å²) in [5.41, 5.74) is 0.410. The molecule has 0 aliphatic carbocycles. The van der Waals surface area contributed by atoms with Crippen molar-refractivity contribution in [3.8, 4) is 0 Å². The third-order valence-electron chi connectivity index (χ3n) is 20.2. The van der Waals surface area contributed by atoms with Crippen LogP contribution in [0.3, 0.4) is 0 Å². The lowest BCUT2D eigenvalue weighted by atomic mass is 9.97. The Labute approximate surface area is 667 Å². The smallest absolute Gasteiger partial charge is 0.331 e. The van der Waals surface area contributed by atoms with Crippen molar-refractivity contribution in [1.82, 2.24) is 78.5 Å². The average molecular weight is 1620 g/mol. The minimum atomic E-state index is -2.05. The first kappa shape index (κ1) is 94.3. The van der Waals surface area contributed by atoms with Crippen LogP contribution in [0.5, 0.6) is 0 Å². The van der Waals surface area contributed by atoms with Crippen LogP contribution in [-0.2, 0) is 94.2 Å². The van der Waals surface area contributed by atoms with Gasteiger partial charge in [0.05, 0.1) is 18.4 Å². The number of ether oxygens (including phenoxy) is 2. The molecule has 0 saturated carbocycles. The summed E-state index contributed by atoms with van der Waals surface area (Å²) in [5, 5.41) is 61.7. The fourth-order valence-electron chi connectivity index (χ4n) is 12.5. The Morgan fingerprint density at radius 3 is 1.74 bits per heavy atom. The van der Waals surface area contributed by atoms with E-state index in [-0.39, 0.29) is 74.8 Å². The molecular weight excluding hydrogens is 1510 g/mol. The third kappa shape index (κ3) is 28.7. The van der Waals surface area contributed by atoms with E-state index in [0.717, 1.165) is 26.5 Å². The van der Waals surface area contributed by atoms with Gasteiger partial charge in [-0.2, -0.15) is 0 Å². The molecule has 37 heteroatoms. The Hall–Kier alpha value is -9.27. The second-order valence-corrected chi connectivity index (χ2v) is 31.8. The van der Waals surface area contributed by atoms with E-state index in [1.165, 1.54) is 58.8 Å². The van der Waals surface area contributed by atoms with Crippen molar-refractivity contribution in [2.24, 2.45) is 17.8 Å². The van der Waals surface area contributed by atoms with E-state index < -0.39 is 217 Å². The zero-order chi connectivity index (χ0) is 84.1. The largest absolute Gasteiger partial charge is 0.458 e.